The van der Waals surface area contributed by atoms with Crippen LogP contribution in [0.3, 0.4) is 0 Å². The second-order valence-electron chi connectivity index (χ2n) is 8.83. The molecule has 0 bridgehead atoms. The molecule has 188 valence electrons. The number of ether oxygens (including phenoxy) is 1. The Hall–Kier alpha value is -3.98. The van der Waals surface area contributed by atoms with Gasteiger partial charge in [0.25, 0.3) is 0 Å². The molecule has 4 heterocycles. The molecule has 4 aromatic rings. The molecule has 3 aromatic heterocycles. The average Bonchev–Trinajstić information content (AvgIpc) is 3.34. The summed E-state index contributed by atoms with van der Waals surface area (Å²) in [5, 5.41) is 10.5. The van der Waals surface area contributed by atoms with E-state index in [1.54, 1.807) is 18.5 Å². The third kappa shape index (κ3) is 6.24. The molecule has 1 aliphatic rings. The van der Waals surface area contributed by atoms with Gasteiger partial charge < -0.3 is 10.5 Å². The molecule has 5 rings (SSSR count). The molecule has 0 spiro atoms. The second kappa shape index (κ2) is 11.4. The van der Waals surface area contributed by atoms with Gasteiger partial charge >= 0.3 is 6.01 Å². The number of carbonyl (C=O) groups excluding carboxylic acids is 1. The van der Waals surface area contributed by atoms with E-state index < -0.39 is 5.92 Å². The lowest BCUT2D eigenvalue weighted by Crippen LogP contribution is -2.48. The molecule has 1 atom stereocenters. The van der Waals surface area contributed by atoms with Gasteiger partial charge in [-0.3, -0.25) is 14.6 Å². The normalized spacial score (nSPS) is 15.3. The summed E-state index contributed by atoms with van der Waals surface area (Å²) in [6.07, 6.45) is 3.31. The Morgan fingerprint density at radius 2 is 1.78 bits per heavy atom. The van der Waals surface area contributed by atoms with E-state index in [0.29, 0.717) is 23.9 Å². The first kappa shape index (κ1) is 24.7. The van der Waals surface area contributed by atoms with Gasteiger partial charge in [-0.15, -0.1) is 0 Å². The summed E-state index contributed by atoms with van der Waals surface area (Å²) in [6.45, 7) is 5.00. The maximum absolute atomic E-state index is 11.1. The van der Waals surface area contributed by atoms with Crippen molar-refractivity contribution in [3.05, 3.63) is 76.7 Å². The van der Waals surface area contributed by atoms with Crippen LogP contribution >= 0.6 is 11.3 Å². The van der Waals surface area contributed by atoms with Crippen molar-refractivity contribution in [3.63, 3.8) is 0 Å². The quantitative estimate of drug-likeness (QED) is 0.357. The molecule has 10 nitrogen and oxygen atoms in total. The molecular formula is C26H26N8O2S. The van der Waals surface area contributed by atoms with Crippen molar-refractivity contribution >= 4 is 27.6 Å². The van der Waals surface area contributed by atoms with Gasteiger partial charge in [-0.25, -0.2) is 15.0 Å². The molecule has 0 radical (unpaired) electrons. The van der Waals surface area contributed by atoms with Crippen molar-refractivity contribution in [2.45, 2.75) is 19.1 Å². The van der Waals surface area contributed by atoms with Crippen LogP contribution in [0, 0.1) is 11.3 Å². The largest absolute Gasteiger partial charge is 0.459 e. The molecule has 2 N–H and O–H groups in total. The fourth-order valence-electron chi connectivity index (χ4n) is 4.22. The molecule has 0 saturated carbocycles. The molecule has 37 heavy (non-hydrogen) atoms. The van der Waals surface area contributed by atoms with Crippen molar-refractivity contribution in [2.75, 3.05) is 32.7 Å². The van der Waals surface area contributed by atoms with E-state index in [4.69, 9.17) is 10.5 Å². The summed E-state index contributed by atoms with van der Waals surface area (Å²) in [6, 6.07) is 16.2. The van der Waals surface area contributed by atoms with Crippen LogP contribution in [0.4, 0.5) is 0 Å². The number of fused-ring (bicyclic) bond motifs is 1. The van der Waals surface area contributed by atoms with Crippen LogP contribution < -0.4 is 10.5 Å². The number of benzene rings is 1. The minimum atomic E-state index is -0.624. The van der Waals surface area contributed by atoms with Gasteiger partial charge in [-0.1, -0.05) is 35.6 Å². The van der Waals surface area contributed by atoms with Gasteiger partial charge in [-0.05, 0) is 29.3 Å². The number of nitrogens with two attached hydrogens (primary N) is 1. The van der Waals surface area contributed by atoms with Crippen LogP contribution in [0.15, 0.2) is 54.9 Å². The predicted octanol–water partition coefficient (Wildman–Crippen LogP) is 2.32. The zero-order chi connectivity index (χ0) is 25.6. The molecule has 11 heteroatoms. The van der Waals surface area contributed by atoms with Crippen molar-refractivity contribution in [1.29, 1.82) is 5.26 Å². The zero-order valence-corrected chi connectivity index (χ0v) is 21.0. The first-order chi connectivity index (χ1) is 18.1. The van der Waals surface area contributed by atoms with Gasteiger partial charge in [0.2, 0.25) is 5.91 Å². The van der Waals surface area contributed by atoms with E-state index in [1.807, 2.05) is 24.3 Å². The number of amides is 1. The minimum absolute atomic E-state index is 0.217. The number of piperazine rings is 1. The van der Waals surface area contributed by atoms with E-state index in [1.165, 1.54) is 16.9 Å². The lowest BCUT2D eigenvalue weighted by atomic mass is 10.1. The molecule has 0 aliphatic carbocycles. The SMILES string of the molecule is N#CC(c1ccnc(OCc2ccc(CN3CCN(CC(N)=O)CC3)cc2)n1)c1nc2cccnc2s1. The highest BCUT2D eigenvalue weighted by Crippen LogP contribution is 2.30. The monoisotopic (exact) mass is 514 g/mol. The van der Waals surface area contributed by atoms with Gasteiger partial charge in [-0.2, -0.15) is 10.2 Å². The zero-order valence-electron chi connectivity index (χ0n) is 20.2. The Bertz CT molecular complexity index is 1380. The first-order valence-corrected chi connectivity index (χ1v) is 12.8. The van der Waals surface area contributed by atoms with Crippen molar-refractivity contribution < 1.29 is 9.53 Å². The third-order valence-electron chi connectivity index (χ3n) is 6.15. The molecule has 1 unspecified atom stereocenters. The Morgan fingerprint density at radius 3 is 2.51 bits per heavy atom. The molecule has 1 saturated heterocycles. The van der Waals surface area contributed by atoms with Gasteiger partial charge in [0.05, 0.1) is 18.3 Å². The summed E-state index contributed by atoms with van der Waals surface area (Å²) in [7, 11) is 0. The molecule has 1 aliphatic heterocycles. The van der Waals surface area contributed by atoms with Crippen molar-refractivity contribution in [3.8, 4) is 12.1 Å². The highest BCUT2D eigenvalue weighted by molar-refractivity contribution is 7.18. The fourth-order valence-corrected chi connectivity index (χ4v) is 5.18. The van der Waals surface area contributed by atoms with E-state index in [2.05, 4.69) is 47.9 Å². The second-order valence-corrected chi connectivity index (χ2v) is 9.84. The Kier molecular flexibility index (Phi) is 7.60. The summed E-state index contributed by atoms with van der Waals surface area (Å²) in [5.74, 6) is -0.902. The highest BCUT2D eigenvalue weighted by Gasteiger charge is 2.21. The van der Waals surface area contributed by atoms with Gasteiger partial charge in [0.1, 0.15) is 27.9 Å². The minimum Gasteiger partial charge on any atom is -0.459 e. The summed E-state index contributed by atoms with van der Waals surface area (Å²) >= 11 is 1.39. The smallest absolute Gasteiger partial charge is 0.316 e. The number of thiazole rings is 1. The van der Waals surface area contributed by atoms with Crippen LogP contribution in [0.25, 0.3) is 10.3 Å². The number of hydrogen-bond acceptors (Lipinski definition) is 10. The Balaban J connectivity index is 1.17. The average molecular weight is 515 g/mol. The molecule has 1 fully saturated rings. The van der Waals surface area contributed by atoms with Crippen LogP contribution in [-0.4, -0.2) is 68.4 Å². The number of carbonyl (C=O) groups is 1. The number of pyridine rings is 1. The number of nitrogens with zero attached hydrogens (tertiary/aromatic N) is 7. The van der Waals surface area contributed by atoms with E-state index in [9.17, 15) is 10.1 Å². The molecule has 1 aromatic carbocycles. The van der Waals surface area contributed by atoms with E-state index in [-0.39, 0.29) is 11.9 Å². The maximum Gasteiger partial charge on any atom is 0.316 e. The fraction of sp³-hybridized carbons (Fsp3) is 0.308. The summed E-state index contributed by atoms with van der Waals surface area (Å²) in [4.78, 5) is 33.9. The number of rotatable bonds is 9. The lowest BCUT2D eigenvalue weighted by Gasteiger charge is -2.34. The van der Waals surface area contributed by atoms with Gasteiger partial charge in [0.15, 0.2) is 0 Å². The molecule has 1 amide bonds. The van der Waals surface area contributed by atoms with Crippen LogP contribution in [0.1, 0.15) is 27.7 Å². The summed E-state index contributed by atoms with van der Waals surface area (Å²) in [5.41, 5.74) is 8.81. The lowest BCUT2D eigenvalue weighted by molar-refractivity contribution is -0.119. The standard InChI is InChI=1S/C26H26N8O2S/c27-14-20(24-31-22-2-1-8-29-25(22)37-24)21-7-9-30-26(32-21)36-17-19-5-3-18(4-6-19)15-33-10-12-34(13-11-33)16-23(28)35/h1-9,20H,10-13,15-17H2,(H2,28,35). The maximum atomic E-state index is 11.1. The van der Waals surface area contributed by atoms with E-state index >= 15 is 0 Å². The van der Waals surface area contributed by atoms with Crippen LogP contribution in [0.5, 0.6) is 6.01 Å². The van der Waals surface area contributed by atoms with E-state index in [0.717, 1.165) is 48.6 Å². The predicted molar refractivity (Wildman–Crippen MR) is 139 cm³/mol. The Labute approximate surface area is 218 Å². The number of hydrogen-bond donors (Lipinski definition) is 1. The number of nitriles is 1. The van der Waals surface area contributed by atoms with Crippen molar-refractivity contribution in [1.82, 2.24) is 29.7 Å². The Morgan fingerprint density at radius 1 is 1.03 bits per heavy atom. The topological polar surface area (TPSA) is 134 Å². The number of primary amides is 1. The van der Waals surface area contributed by atoms with Crippen LogP contribution in [-0.2, 0) is 17.9 Å². The third-order valence-corrected chi connectivity index (χ3v) is 7.20. The first-order valence-electron chi connectivity index (χ1n) is 11.9. The molecular weight excluding hydrogens is 488 g/mol. The van der Waals surface area contributed by atoms with Crippen LogP contribution in [0.2, 0.25) is 0 Å². The summed E-state index contributed by atoms with van der Waals surface area (Å²) < 4.78 is 5.84. The van der Waals surface area contributed by atoms with Crippen molar-refractivity contribution in [2.24, 2.45) is 5.73 Å². The number of aromatic nitrogens is 4. The van der Waals surface area contributed by atoms with Gasteiger partial charge in [0, 0.05) is 45.1 Å². The highest BCUT2D eigenvalue weighted by atomic mass is 32.1.